The zero-order valence-electron chi connectivity index (χ0n) is 23.8. The number of aliphatic imine (C=N–C) groups is 1. The molecule has 0 radical (unpaired) electrons. The summed E-state index contributed by atoms with van der Waals surface area (Å²) in [6, 6.07) is 10.7. The molecular weight excluding hydrogens is 493 g/mol. The van der Waals surface area contributed by atoms with Crippen LogP contribution in [0.4, 0.5) is 10.1 Å². The summed E-state index contributed by atoms with van der Waals surface area (Å²) in [4.78, 5) is 24.8. The first kappa shape index (κ1) is 27.2. The lowest BCUT2D eigenvalue weighted by Crippen LogP contribution is -2.57. The van der Waals surface area contributed by atoms with E-state index in [-0.39, 0.29) is 23.5 Å². The van der Waals surface area contributed by atoms with Crippen LogP contribution in [0, 0.1) is 29.0 Å². The summed E-state index contributed by atoms with van der Waals surface area (Å²) in [6.45, 7) is 11.6. The number of nitrogens with two attached hydrogens (primary N) is 1. The fraction of sp³-hybridized carbons (Fsp3) is 0.516. The Morgan fingerprint density at radius 3 is 2.67 bits per heavy atom. The maximum absolute atomic E-state index is 14.4. The maximum atomic E-state index is 14.4. The van der Waals surface area contributed by atoms with Gasteiger partial charge in [0.15, 0.2) is 5.96 Å². The van der Waals surface area contributed by atoms with Gasteiger partial charge in [-0.1, -0.05) is 26.8 Å². The summed E-state index contributed by atoms with van der Waals surface area (Å²) in [5.74, 6) is 2.53. The van der Waals surface area contributed by atoms with Gasteiger partial charge in [-0.3, -0.25) is 9.36 Å². The van der Waals surface area contributed by atoms with Gasteiger partial charge in [-0.15, -0.1) is 0 Å². The van der Waals surface area contributed by atoms with Crippen molar-refractivity contribution in [2.75, 3.05) is 12.0 Å². The second-order valence-corrected chi connectivity index (χ2v) is 12.1. The van der Waals surface area contributed by atoms with Crippen molar-refractivity contribution in [1.29, 1.82) is 0 Å². The number of guanidine groups is 1. The largest absolute Gasteiger partial charge is 0.497 e. The van der Waals surface area contributed by atoms with Crippen LogP contribution in [-0.2, 0) is 13.0 Å². The van der Waals surface area contributed by atoms with Crippen LogP contribution in [-0.4, -0.2) is 34.7 Å². The lowest BCUT2D eigenvalue weighted by atomic mass is 9.45. The lowest BCUT2D eigenvalue weighted by molar-refractivity contribution is -0.108. The van der Waals surface area contributed by atoms with Crippen LogP contribution < -0.4 is 20.9 Å². The van der Waals surface area contributed by atoms with E-state index in [1.807, 2.05) is 17.0 Å². The Labute approximate surface area is 229 Å². The molecule has 2 N–H and O–H groups in total. The van der Waals surface area contributed by atoms with Gasteiger partial charge in [0.05, 0.1) is 30.4 Å². The van der Waals surface area contributed by atoms with Crippen molar-refractivity contribution in [3.05, 3.63) is 64.5 Å². The molecule has 0 aliphatic heterocycles. The summed E-state index contributed by atoms with van der Waals surface area (Å²) in [7, 11) is 1.50. The van der Waals surface area contributed by atoms with Gasteiger partial charge >= 0.3 is 0 Å². The van der Waals surface area contributed by atoms with E-state index >= 15 is 0 Å². The highest BCUT2D eigenvalue weighted by atomic mass is 19.1. The number of anilines is 1. The molecule has 0 spiro atoms. The molecular formula is C31H40FN5O2. The summed E-state index contributed by atoms with van der Waals surface area (Å²) in [6.07, 6.45) is 4.28. The van der Waals surface area contributed by atoms with E-state index in [1.165, 1.54) is 30.5 Å². The molecule has 3 fully saturated rings. The molecule has 0 saturated heterocycles. The van der Waals surface area contributed by atoms with Gasteiger partial charge in [-0.05, 0) is 86.1 Å². The number of methoxy groups -OCH3 is 1. The van der Waals surface area contributed by atoms with Gasteiger partial charge in [0.1, 0.15) is 11.6 Å². The summed E-state index contributed by atoms with van der Waals surface area (Å²) >= 11 is 0. The van der Waals surface area contributed by atoms with Crippen LogP contribution >= 0.6 is 0 Å². The van der Waals surface area contributed by atoms with Crippen LogP contribution in [0.2, 0.25) is 0 Å². The van der Waals surface area contributed by atoms with E-state index in [0.29, 0.717) is 64.3 Å². The van der Waals surface area contributed by atoms with Crippen LogP contribution in [0.15, 0.2) is 52.5 Å². The molecule has 0 amide bonds. The van der Waals surface area contributed by atoms with Crippen molar-refractivity contribution in [3.8, 4) is 5.75 Å². The van der Waals surface area contributed by atoms with Gasteiger partial charge in [0, 0.05) is 24.3 Å². The molecule has 208 valence electrons. The van der Waals surface area contributed by atoms with E-state index < -0.39 is 0 Å². The number of aromatic nitrogens is 2. The van der Waals surface area contributed by atoms with Crippen LogP contribution in [0.1, 0.15) is 53.0 Å². The zero-order chi connectivity index (χ0) is 28.1. The first-order valence-corrected chi connectivity index (χ1v) is 13.9. The number of fused-ring (bicyclic) bond motifs is 3. The fourth-order valence-electron chi connectivity index (χ4n) is 6.77. The van der Waals surface area contributed by atoms with Crippen LogP contribution in [0.3, 0.4) is 0 Å². The van der Waals surface area contributed by atoms with Crippen molar-refractivity contribution in [3.63, 3.8) is 0 Å². The molecule has 3 aliphatic carbocycles. The number of ether oxygens (including phenoxy) is 1. The highest BCUT2D eigenvalue weighted by Gasteiger charge is 2.56. The molecule has 8 heteroatoms. The Kier molecular flexibility index (Phi) is 7.16. The SMILES string of the molecule is COc1ccc(CCn2cnc3cc(N(C(N)=NC4CC5CC(C4C)C5(C)C)C(C)C)ccc3c2=O)c(F)c1. The first-order valence-electron chi connectivity index (χ1n) is 13.9. The number of hydrogen-bond donors (Lipinski definition) is 1. The normalized spacial score (nSPS) is 24.1. The summed E-state index contributed by atoms with van der Waals surface area (Å²) < 4.78 is 21.0. The molecule has 3 aromatic rings. The maximum Gasteiger partial charge on any atom is 0.261 e. The molecule has 4 atom stereocenters. The predicted molar refractivity (Wildman–Crippen MR) is 155 cm³/mol. The number of nitrogens with zero attached hydrogens (tertiary/aromatic N) is 4. The van der Waals surface area contributed by atoms with E-state index in [0.717, 1.165) is 12.1 Å². The highest BCUT2D eigenvalue weighted by molar-refractivity contribution is 5.97. The topological polar surface area (TPSA) is 85.7 Å². The van der Waals surface area contributed by atoms with Crippen molar-refractivity contribution in [1.82, 2.24) is 9.55 Å². The standard InChI is InChI=1S/C31H40FN5O2/c1-18(2)37(30(33)35-27-14-21-13-25(19(27)3)31(21,4)5)22-8-10-24-28(15-22)34-17-36(29(24)38)12-11-20-7-9-23(39-6)16-26(20)32/h7-10,15-19,21,25,27H,11-14H2,1-6H3,(H2,33,35). The molecule has 7 nitrogen and oxygen atoms in total. The second-order valence-electron chi connectivity index (χ2n) is 12.1. The third-order valence-electron chi connectivity index (χ3n) is 9.34. The van der Waals surface area contributed by atoms with Gasteiger partial charge in [0.2, 0.25) is 0 Å². The van der Waals surface area contributed by atoms with E-state index in [4.69, 9.17) is 15.5 Å². The van der Waals surface area contributed by atoms with Crippen molar-refractivity contribution in [2.45, 2.75) is 72.5 Å². The molecule has 3 saturated carbocycles. The van der Waals surface area contributed by atoms with Crippen LogP contribution in [0.5, 0.6) is 5.75 Å². The Hall–Kier alpha value is -3.42. The molecule has 39 heavy (non-hydrogen) atoms. The Morgan fingerprint density at radius 2 is 2.03 bits per heavy atom. The predicted octanol–water partition coefficient (Wildman–Crippen LogP) is 5.39. The number of benzene rings is 2. The Bertz CT molecular complexity index is 1460. The lowest BCUT2D eigenvalue weighted by Gasteiger charge is -2.61. The van der Waals surface area contributed by atoms with Crippen molar-refractivity contribution < 1.29 is 9.13 Å². The molecule has 6 rings (SSSR count). The third-order valence-corrected chi connectivity index (χ3v) is 9.34. The summed E-state index contributed by atoms with van der Waals surface area (Å²) in [5, 5.41) is 0.513. The van der Waals surface area contributed by atoms with E-state index in [9.17, 15) is 9.18 Å². The molecule has 3 aliphatic rings. The number of rotatable bonds is 7. The highest BCUT2D eigenvalue weighted by Crippen LogP contribution is 2.61. The molecule has 4 unspecified atom stereocenters. The monoisotopic (exact) mass is 533 g/mol. The zero-order valence-corrected chi connectivity index (χ0v) is 23.8. The average Bonchev–Trinajstić information content (AvgIpc) is 2.89. The number of aryl methyl sites for hydroxylation is 2. The number of hydrogen-bond acceptors (Lipinski definition) is 4. The van der Waals surface area contributed by atoms with Gasteiger partial charge in [-0.25, -0.2) is 14.4 Å². The van der Waals surface area contributed by atoms with E-state index in [1.54, 1.807) is 18.2 Å². The molecule has 1 aromatic heterocycles. The molecule has 2 bridgehead atoms. The van der Waals surface area contributed by atoms with E-state index in [2.05, 4.69) is 39.6 Å². The minimum atomic E-state index is -0.350. The van der Waals surface area contributed by atoms with Crippen molar-refractivity contribution >= 4 is 22.5 Å². The number of halogens is 1. The quantitative estimate of drug-likeness (QED) is 0.325. The minimum absolute atomic E-state index is 0.0795. The van der Waals surface area contributed by atoms with Crippen LogP contribution in [0.25, 0.3) is 10.9 Å². The second kappa shape index (κ2) is 10.3. The molecule has 1 heterocycles. The molecule has 2 aromatic carbocycles. The average molecular weight is 534 g/mol. The Balaban J connectivity index is 1.36. The summed E-state index contributed by atoms with van der Waals surface area (Å²) in [5.41, 5.74) is 8.87. The smallest absolute Gasteiger partial charge is 0.261 e. The van der Waals surface area contributed by atoms with Gasteiger partial charge in [-0.2, -0.15) is 0 Å². The van der Waals surface area contributed by atoms with Crippen molar-refractivity contribution in [2.24, 2.45) is 33.9 Å². The third kappa shape index (κ3) is 4.90. The van der Waals surface area contributed by atoms with Gasteiger partial charge in [0.25, 0.3) is 5.56 Å². The first-order chi connectivity index (χ1) is 18.5. The minimum Gasteiger partial charge on any atom is -0.497 e. The van der Waals surface area contributed by atoms with Gasteiger partial charge < -0.3 is 15.4 Å². The fourth-order valence-corrected chi connectivity index (χ4v) is 6.77. The Morgan fingerprint density at radius 1 is 1.26 bits per heavy atom.